The smallest absolute Gasteiger partial charge is 0.127 e. The molecule has 1 aromatic heterocycles. The Balaban J connectivity index is 2.64. The van der Waals surface area contributed by atoms with Crippen LogP contribution in [0.25, 0.3) is 6.08 Å². The highest BCUT2D eigenvalue weighted by Gasteiger charge is 1.94. The molecular weight excluding hydrogens is 172 g/mol. The molecule has 14 heavy (non-hydrogen) atoms. The first kappa shape index (κ1) is 10.8. The minimum absolute atomic E-state index is 0.998. The molecule has 0 saturated carbocycles. The van der Waals surface area contributed by atoms with Crippen molar-refractivity contribution in [3.8, 4) is 0 Å². The molecule has 0 N–H and O–H groups in total. The first-order valence-electron chi connectivity index (χ1n) is 5.04. The number of nitrogens with zero attached hydrogens (tertiary/aromatic N) is 2. The summed E-state index contributed by atoms with van der Waals surface area (Å²) in [6, 6.07) is 4.13. The number of pyridine rings is 1. The minimum Gasteiger partial charge on any atom is -0.363 e. The Morgan fingerprint density at radius 1 is 1.36 bits per heavy atom. The minimum atomic E-state index is 0.998. The molecule has 0 aliphatic rings. The molecule has 0 saturated heterocycles. The van der Waals surface area contributed by atoms with Crippen molar-refractivity contribution < 1.29 is 0 Å². The molecule has 0 atom stereocenters. The van der Waals surface area contributed by atoms with E-state index < -0.39 is 0 Å². The van der Waals surface area contributed by atoms with E-state index in [1.807, 2.05) is 31.3 Å². The normalized spacial score (nSPS) is 10.8. The zero-order valence-electron chi connectivity index (χ0n) is 9.20. The maximum Gasteiger partial charge on any atom is 0.127 e. The average molecular weight is 190 g/mol. The number of hydrogen-bond donors (Lipinski definition) is 0. The maximum atomic E-state index is 4.33. The third-order valence-corrected chi connectivity index (χ3v) is 1.99. The fourth-order valence-electron chi connectivity index (χ4n) is 1.15. The fourth-order valence-corrected chi connectivity index (χ4v) is 1.15. The van der Waals surface area contributed by atoms with E-state index in [0.29, 0.717) is 0 Å². The highest BCUT2D eigenvalue weighted by atomic mass is 15.1. The van der Waals surface area contributed by atoms with Crippen LogP contribution in [0.3, 0.4) is 0 Å². The van der Waals surface area contributed by atoms with Gasteiger partial charge < -0.3 is 4.90 Å². The number of allylic oxidation sites excluding steroid dienone is 1. The first-order valence-corrected chi connectivity index (χ1v) is 5.04. The number of unbranched alkanes of at least 4 members (excludes halogenated alkanes) is 1. The lowest BCUT2D eigenvalue weighted by atomic mass is 10.2. The molecule has 0 aliphatic carbocycles. The van der Waals surface area contributed by atoms with Gasteiger partial charge in [0.2, 0.25) is 0 Å². The highest BCUT2D eigenvalue weighted by Crippen LogP contribution is 2.09. The summed E-state index contributed by atoms with van der Waals surface area (Å²) in [4.78, 5) is 6.33. The van der Waals surface area contributed by atoms with Gasteiger partial charge in [-0.3, -0.25) is 0 Å². The summed E-state index contributed by atoms with van der Waals surface area (Å²) < 4.78 is 0. The van der Waals surface area contributed by atoms with Gasteiger partial charge >= 0.3 is 0 Å². The van der Waals surface area contributed by atoms with Crippen LogP contribution in [0.4, 0.5) is 5.82 Å². The lowest BCUT2D eigenvalue weighted by molar-refractivity contribution is 0.962. The topological polar surface area (TPSA) is 16.1 Å². The molecule has 0 amide bonds. The van der Waals surface area contributed by atoms with Crippen molar-refractivity contribution in [2.75, 3.05) is 19.0 Å². The molecule has 0 aliphatic heterocycles. The summed E-state index contributed by atoms with van der Waals surface area (Å²) in [7, 11) is 3.99. The van der Waals surface area contributed by atoms with Gasteiger partial charge in [0, 0.05) is 20.3 Å². The monoisotopic (exact) mass is 190 g/mol. The molecule has 0 bridgehead atoms. The lowest BCUT2D eigenvalue weighted by Crippen LogP contribution is -2.09. The zero-order valence-corrected chi connectivity index (χ0v) is 9.20. The van der Waals surface area contributed by atoms with Crippen LogP contribution in [0.1, 0.15) is 25.3 Å². The second-order valence-electron chi connectivity index (χ2n) is 3.54. The van der Waals surface area contributed by atoms with Crippen molar-refractivity contribution >= 4 is 11.9 Å². The van der Waals surface area contributed by atoms with Gasteiger partial charge in [-0.05, 0) is 24.1 Å². The summed E-state index contributed by atoms with van der Waals surface area (Å²) in [5, 5.41) is 0. The fraction of sp³-hybridized carbons (Fsp3) is 0.417. The Bertz CT molecular complexity index is 286. The van der Waals surface area contributed by atoms with E-state index >= 15 is 0 Å². The van der Waals surface area contributed by atoms with E-state index in [2.05, 4.69) is 30.1 Å². The van der Waals surface area contributed by atoms with Crippen molar-refractivity contribution in [2.45, 2.75) is 19.8 Å². The third kappa shape index (κ3) is 3.21. The molecule has 0 spiro atoms. The molecule has 0 radical (unpaired) electrons. The Hall–Kier alpha value is -1.31. The van der Waals surface area contributed by atoms with Gasteiger partial charge in [0.25, 0.3) is 0 Å². The Kier molecular flexibility index (Phi) is 4.17. The van der Waals surface area contributed by atoms with Gasteiger partial charge in [0.05, 0.1) is 0 Å². The molecule has 0 unspecified atom stereocenters. The molecule has 76 valence electrons. The second-order valence-corrected chi connectivity index (χ2v) is 3.54. The van der Waals surface area contributed by atoms with Gasteiger partial charge in [0.1, 0.15) is 5.82 Å². The van der Waals surface area contributed by atoms with Crippen LogP contribution in [0.15, 0.2) is 24.4 Å². The molecule has 1 aromatic rings. The summed E-state index contributed by atoms with van der Waals surface area (Å²) in [6.07, 6.45) is 8.54. The van der Waals surface area contributed by atoms with E-state index in [-0.39, 0.29) is 0 Å². The van der Waals surface area contributed by atoms with E-state index in [1.54, 1.807) is 0 Å². The molecule has 0 fully saturated rings. The Morgan fingerprint density at radius 3 is 2.64 bits per heavy atom. The largest absolute Gasteiger partial charge is 0.363 e. The van der Waals surface area contributed by atoms with Crippen LogP contribution in [-0.4, -0.2) is 19.1 Å². The Morgan fingerprint density at radius 2 is 2.14 bits per heavy atom. The van der Waals surface area contributed by atoms with E-state index in [4.69, 9.17) is 0 Å². The molecule has 1 rings (SSSR count). The van der Waals surface area contributed by atoms with E-state index in [0.717, 1.165) is 12.2 Å². The zero-order chi connectivity index (χ0) is 10.4. The van der Waals surface area contributed by atoms with Gasteiger partial charge in [-0.25, -0.2) is 4.98 Å². The summed E-state index contributed by atoms with van der Waals surface area (Å²) in [5.74, 6) is 0.998. The predicted octanol–water partition coefficient (Wildman–Crippen LogP) is 2.96. The van der Waals surface area contributed by atoms with Crippen LogP contribution in [0, 0.1) is 0 Å². The van der Waals surface area contributed by atoms with Gasteiger partial charge in [-0.1, -0.05) is 25.5 Å². The van der Waals surface area contributed by atoms with Crippen LogP contribution in [0.2, 0.25) is 0 Å². The number of aromatic nitrogens is 1. The van der Waals surface area contributed by atoms with Gasteiger partial charge in [-0.2, -0.15) is 0 Å². The van der Waals surface area contributed by atoms with Crippen LogP contribution < -0.4 is 4.90 Å². The van der Waals surface area contributed by atoms with Crippen molar-refractivity contribution in [3.63, 3.8) is 0 Å². The summed E-state index contributed by atoms with van der Waals surface area (Å²) >= 11 is 0. The van der Waals surface area contributed by atoms with Crippen molar-refractivity contribution in [1.29, 1.82) is 0 Å². The van der Waals surface area contributed by atoms with E-state index in [9.17, 15) is 0 Å². The number of anilines is 1. The molecule has 1 heterocycles. The molecular formula is C12H18N2. The summed E-state index contributed by atoms with van der Waals surface area (Å²) in [6.45, 7) is 2.18. The lowest BCUT2D eigenvalue weighted by Gasteiger charge is -2.10. The SMILES string of the molecule is CCC/C=C/c1ccc(N(C)C)nc1. The molecule has 2 nitrogen and oxygen atoms in total. The van der Waals surface area contributed by atoms with Gasteiger partial charge in [-0.15, -0.1) is 0 Å². The number of hydrogen-bond acceptors (Lipinski definition) is 2. The van der Waals surface area contributed by atoms with Gasteiger partial charge in [0.15, 0.2) is 0 Å². The standard InChI is InChI=1S/C12H18N2/c1-4-5-6-7-11-8-9-12(13-10-11)14(2)3/h6-10H,4-5H2,1-3H3/b7-6+. The second kappa shape index (κ2) is 5.43. The maximum absolute atomic E-state index is 4.33. The van der Waals surface area contributed by atoms with Crippen LogP contribution in [0.5, 0.6) is 0 Å². The third-order valence-electron chi connectivity index (χ3n) is 1.99. The first-order chi connectivity index (χ1) is 6.74. The quantitative estimate of drug-likeness (QED) is 0.725. The van der Waals surface area contributed by atoms with Crippen LogP contribution >= 0.6 is 0 Å². The molecule has 2 heteroatoms. The van der Waals surface area contributed by atoms with Crippen molar-refractivity contribution in [1.82, 2.24) is 4.98 Å². The highest BCUT2D eigenvalue weighted by molar-refractivity contribution is 5.50. The number of rotatable bonds is 4. The van der Waals surface area contributed by atoms with Crippen LogP contribution in [-0.2, 0) is 0 Å². The van der Waals surface area contributed by atoms with E-state index in [1.165, 1.54) is 12.0 Å². The Labute approximate surface area is 86.3 Å². The van der Waals surface area contributed by atoms with Crippen molar-refractivity contribution in [3.05, 3.63) is 30.0 Å². The van der Waals surface area contributed by atoms with Crippen molar-refractivity contribution in [2.24, 2.45) is 0 Å². The summed E-state index contributed by atoms with van der Waals surface area (Å²) in [5.41, 5.74) is 1.17. The molecule has 0 aromatic carbocycles. The average Bonchev–Trinajstić information content (AvgIpc) is 2.19. The predicted molar refractivity (Wildman–Crippen MR) is 62.5 cm³/mol.